The van der Waals surface area contributed by atoms with Crippen LogP contribution in [0.5, 0.6) is 0 Å². The van der Waals surface area contributed by atoms with E-state index in [-0.39, 0.29) is 12.4 Å². The molecule has 0 bridgehead atoms. The number of nitrogens with one attached hydrogen (secondary N) is 1. The Morgan fingerprint density at radius 2 is 1.85 bits per heavy atom. The number of fused-ring (bicyclic) bond motifs is 3. The lowest BCUT2D eigenvalue weighted by Gasteiger charge is -2.12. The standard InChI is InChI=1S/C29H33N7O2S/c1-6-8-13-30-24-14-22(31-16-32-24)20-9-11-21(12-10-20)27-26-17(3)18(4)39-29(26)36-19(5)34-35-28(36)23(33-27)15-25(37)38-7-2/h9-12,14,16,23H,6-8,13,15H2,1-5H3,(H,30,31,32)/t23-/m0/s1. The second kappa shape index (κ2) is 11.4. The van der Waals surface area contributed by atoms with Crippen molar-refractivity contribution in [1.82, 2.24) is 24.7 Å². The lowest BCUT2D eigenvalue weighted by molar-refractivity contribution is -0.143. The summed E-state index contributed by atoms with van der Waals surface area (Å²) in [6.45, 7) is 11.3. The summed E-state index contributed by atoms with van der Waals surface area (Å²) in [4.78, 5) is 27.8. The molecule has 1 aromatic carbocycles. The zero-order valence-corrected chi connectivity index (χ0v) is 23.8. The molecule has 0 unspecified atom stereocenters. The molecule has 202 valence electrons. The van der Waals surface area contributed by atoms with E-state index in [4.69, 9.17) is 9.73 Å². The molecule has 3 aromatic heterocycles. The van der Waals surface area contributed by atoms with Crippen LogP contribution in [0.15, 0.2) is 41.7 Å². The van der Waals surface area contributed by atoms with E-state index in [0.717, 1.165) is 69.7 Å². The number of carbonyl (C=O) groups excluding carboxylic acids is 1. The van der Waals surface area contributed by atoms with Crippen LogP contribution in [0, 0.1) is 20.8 Å². The van der Waals surface area contributed by atoms with Crippen LogP contribution in [0.4, 0.5) is 5.82 Å². The number of anilines is 1. The molecular formula is C29H33N7O2S. The number of aliphatic imine (C=N–C) groups is 1. The molecule has 4 heterocycles. The lowest BCUT2D eigenvalue weighted by Crippen LogP contribution is -2.13. The molecular weight excluding hydrogens is 510 g/mol. The number of thiophene rings is 1. The maximum atomic E-state index is 12.6. The van der Waals surface area contributed by atoms with E-state index in [9.17, 15) is 4.79 Å². The summed E-state index contributed by atoms with van der Waals surface area (Å²) in [6, 6.07) is 9.71. The molecule has 1 aliphatic heterocycles. The zero-order valence-electron chi connectivity index (χ0n) is 23.0. The molecule has 5 rings (SSSR count). The number of unbranched alkanes of at least 4 members (excludes halogenated alkanes) is 1. The highest BCUT2D eigenvalue weighted by Gasteiger charge is 2.32. The summed E-state index contributed by atoms with van der Waals surface area (Å²) in [6.07, 6.45) is 3.90. The van der Waals surface area contributed by atoms with Gasteiger partial charge in [-0.05, 0) is 39.7 Å². The molecule has 0 saturated carbocycles. The minimum atomic E-state index is -0.516. The van der Waals surface area contributed by atoms with Gasteiger partial charge in [-0.1, -0.05) is 37.6 Å². The van der Waals surface area contributed by atoms with Crippen molar-refractivity contribution >= 4 is 28.8 Å². The highest BCUT2D eigenvalue weighted by atomic mass is 32.1. The van der Waals surface area contributed by atoms with Crippen molar-refractivity contribution in [3.05, 3.63) is 69.9 Å². The van der Waals surface area contributed by atoms with Crippen LogP contribution in [0.2, 0.25) is 0 Å². The van der Waals surface area contributed by atoms with E-state index >= 15 is 0 Å². The number of rotatable bonds is 9. The van der Waals surface area contributed by atoms with Crippen molar-refractivity contribution in [2.45, 2.75) is 59.9 Å². The number of esters is 1. The minimum absolute atomic E-state index is 0.0925. The fourth-order valence-corrected chi connectivity index (χ4v) is 5.92. The third kappa shape index (κ3) is 5.34. The molecule has 0 spiro atoms. The predicted molar refractivity (Wildman–Crippen MR) is 154 cm³/mol. The van der Waals surface area contributed by atoms with Crippen molar-refractivity contribution in [1.29, 1.82) is 0 Å². The van der Waals surface area contributed by atoms with Gasteiger partial charge in [0.2, 0.25) is 0 Å². The highest BCUT2D eigenvalue weighted by molar-refractivity contribution is 7.15. The van der Waals surface area contributed by atoms with E-state index < -0.39 is 6.04 Å². The van der Waals surface area contributed by atoms with Crippen molar-refractivity contribution < 1.29 is 9.53 Å². The Bertz CT molecular complexity index is 1520. The fraction of sp³-hybridized carbons (Fsp3) is 0.379. The van der Waals surface area contributed by atoms with Gasteiger partial charge in [0.15, 0.2) is 5.82 Å². The monoisotopic (exact) mass is 543 g/mol. The van der Waals surface area contributed by atoms with Gasteiger partial charge in [0.25, 0.3) is 0 Å². The molecule has 10 heteroatoms. The fourth-order valence-electron chi connectivity index (χ4n) is 4.71. The molecule has 39 heavy (non-hydrogen) atoms. The molecule has 0 amide bonds. The van der Waals surface area contributed by atoms with Gasteiger partial charge >= 0.3 is 5.97 Å². The predicted octanol–water partition coefficient (Wildman–Crippen LogP) is 5.77. The van der Waals surface area contributed by atoms with Crippen LogP contribution < -0.4 is 5.32 Å². The maximum Gasteiger partial charge on any atom is 0.308 e. The van der Waals surface area contributed by atoms with Crippen LogP contribution in [0.1, 0.15) is 72.4 Å². The summed E-state index contributed by atoms with van der Waals surface area (Å²) in [5, 5.41) is 13.2. The van der Waals surface area contributed by atoms with Gasteiger partial charge in [-0.25, -0.2) is 9.97 Å². The number of hydrogen-bond acceptors (Lipinski definition) is 9. The summed E-state index contributed by atoms with van der Waals surface area (Å²) < 4.78 is 7.32. The highest BCUT2D eigenvalue weighted by Crippen LogP contribution is 2.39. The van der Waals surface area contributed by atoms with Crippen LogP contribution in [0.3, 0.4) is 0 Å². The summed E-state index contributed by atoms with van der Waals surface area (Å²) in [7, 11) is 0. The van der Waals surface area contributed by atoms with Gasteiger partial charge in [-0.2, -0.15) is 0 Å². The molecule has 0 saturated heterocycles. The van der Waals surface area contributed by atoms with E-state index in [0.29, 0.717) is 12.4 Å². The molecule has 9 nitrogen and oxygen atoms in total. The Morgan fingerprint density at radius 3 is 2.59 bits per heavy atom. The quantitative estimate of drug-likeness (QED) is 0.211. The molecule has 0 fully saturated rings. The van der Waals surface area contributed by atoms with Gasteiger partial charge in [0.05, 0.1) is 24.4 Å². The number of aryl methyl sites for hydroxylation is 2. The van der Waals surface area contributed by atoms with Crippen LogP contribution in [-0.2, 0) is 9.53 Å². The normalized spacial score (nSPS) is 14.3. The first kappa shape index (κ1) is 26.7. The van der Waals surface area contributed by atoms with E-state index in [2.05, 4.69) is 70.5 Å². The van der Waals surface area contributed by atoms with Crippen molar-refractivity contribution in [3.8, 4) is 16.3 Å². The Kier molecular flexibility index (Phi) is 7.83. The second-order valence-electron chi connectivity index (χ2n) is 9.55. The smallest absolute Gasteiger partial charge is 0.308 e. The molecule has 4 aromatic rings. The third-order valence-corrected chi connectivity index (χ3v) is 8.05. The van der Waals surface area contributed by atoms with Crippen molar-refractivity contribution in [3.63, 3.8) is 0 Å². The average molecular weight is 544 g/mol. The molecule has 1 aliphatic rings. The first-order chi connectivity index (χ1) is 18.9. The van der Waals surface area contributed by atoms with Crippen molar-refractivity contribution in [2.24, 2.45) is 4.99 Å². The van der Waals surface area contributed by atoms with Gasteiger partial charge in [-0.3, -0.25) is 14.4 Å². The Morgan fingerprint density at radius 1 is 1.08 bits per heavy atom. The van der Waals surface area contributed by atoms with Crippen LogP contribution in [0.25, 0.3) is 16.3 Å². The SMILES string of the molecule is CCCCNc1cc(-c2ccc(C3=N[C@@H](CC(=O)OCC)c4nnc(C)n4-c4sc(C)c(C)c43)cc2)ncn1. The topological polar surface area (TPSA) is 107 Å². The van der Waals surface area contributed by atoms with Crippen LogP contribution in [-0.4, -0.2) is 49.6 Å². The minimum Gasteiger partial charge on any atom is -0.466 e. The number of ether oxygens (including phenoxy) is 1. The summed E-state index contributed by atoms with van der Waals surface area (Å²) >= 11 is 1.69. The number of carbonyl (C=O) groups is 1. The Balaban J connectivity index is 1.56. The Labute approximate surface area is 232 Å². The molecule has 0 radical (unpaired) electrons. The maximum absolute atomic E-state index is 12.6. The molecule has 1 N–H and O–H groups in total. The molecule has 0 aliphatic carbocycles. The zero-order chi connectivity index (χ0) is 27.5. The first-order valence-corrected chi connectivity index (χ1v) is 14.2. The van der Waals surface area contributed by atoms with Crippen LogP contribution >= 0.6 is 11.3 Å². The van der Waals surface area contributed by atoms with E-state index in [1.54, 1.807) is 24.6 Å². The van der Waals surface area contributed by atoms with E-state index in [1.807, 2.05) is 17.6 Å². The number of hydrogen-bond donors (Lipinski definition) is 1. The summed E-state index contributed by atoms with van der Waals surface area (Å²) in [5.74, 6) is 1.93. The first-order valence-electron chi connectivity index (χ1n) is 13.3. The van der Waals surface area contributed by atoms with Gasteiger partial charge in [0.1, 0.15) is 29.0 Å². The number of aromatic nitrogens is 5. The summed E-state index contributed by atoms with van der Waals surface area (Å²) in [5.41, 5.74) is 5.84. The van der Waals surface area contributed by atoms with Crippen molar-refractivity contribution in [2.75, 3.05) is 18.5 Å². The number of benzene rings is 1. The number of nitrogens with zero attached hydrogens (tertiary/aromatic N) is 6. The van der Waals surface area contributed by atoms with Gasteiger partial charge < -0.3 is 10.1 Å². The largest absolute Gasteiger partial charge is 0.466 e. The third-order valence-electron chi connectivity index (χ3n) is 6.86. The Hall–Kier alpha value is -3.92. The lowest BCUT2D eigenvalue weighted by atomic mass is 9.98. The second-order valence-corrected chi connectivity index (χ2v) is 10.8. The molecule has 1 atom stereocenters. The van der Waals surface area contributed by atoms with E-state index in [1.165, 1.54) is 4.88 Å². The van der Waals surface area contributed by atoms with Gasteiger partial charge in [0, 0.05) is 34.2 Å². The van der Waals surface area contributed by atoms with Gasteiger partial charge in [-0.15, -0.1) is 21.5 Å². The average Bonchev–Trinajstić information content (AvgIpc) is 3.41.